The van der Waals surface area contributed by atoms with E-state index in [1.165, 1.54) is 12.8 Å². The Balaban J connectivity index is 1.38. The van der Waals surface area contributed by atoms with Crippen molar-refractivity contribution in [3.8, 4) is 0 Å². The Hall–Kier alpha value is -2.70. The van der Waals surface area contributed by atoms with Crippen LogP contribution in [0.15, 0.2) is 59.8 Å². The van der Waals surface area contributed by atoms with Crippen molar-refractivity contribution in [3.63, 3.8) is 0 Å². The van der Waals surface area contributed by atoms with Gasteiger partial charge in [0.05, 0.1) is 6.04 Å². The van der Waals surface area contributed by atoms with Gasteiger partial charge in [0.2, 0.25) is 0 Å². The lowest BCUT2D eigenvalue weighted by atomic mass is 9.89. The maximum atomic E-state index is 12.5. The third-order valence-electron chi connectivity index (χ3n) is 6.28. The molecule has 0 spiro atoms. The van der Waals surface area contributed by atoms with Crippen LogP contribution in [0, 0.1) is 5.92 Å². The predicted octanol–water partition coefficient (Wildman–Crippen LogP) is 3.47. The third kappa shape index (κ3) is 7.77. The number of nitrogens with two attached hydrogens (primary N) is 2. The number of amidine groups is 1. The van der Waals surface area contributed by atoms with E-state index >= 15 is 0 Å². The van der Waals surface area contributed by atoms with Crippen LogP contribution >= 0.6 is 0 Å². The van der Waals surface area contributed by atoms with E-state index in [1.807, 2.05) is 54.6 Å². The Morgan fingerprint density at radius 3 is 2.47 bits per heavy atom. The minimum absolute atomic E-state index is 0.150. The summed E-state index contributed by atoms with van der Waals surface area (Å²) in [4.78, 5) is 20.2. The van der Waals surface area contributed by atoms with Crippen LogP contribution in [0.2, 0.25) is 0 Å². The van der Waals surface area contributed by atoms with Crippen LogP contribution < -0.4 is 11.5 Å². The van der Waals surface area contributed by atoms with Crippen molar-refractivity contribution in [2.75, 3.05) is 20.1 Å². The second-order valence-corrected chi connectivity index (χ2v) is 8.83. The first-order valence-electron chi connectivity index (χ1n) is 11.6. The summed E-state index contributed by atoms with van der Waals surface area (Å²) >= 11 is 0. The molecule has 1 atom stereocenters. The van der Waals surface area contributed by atoms with Gasteiger partial charge in [-0.25, -0.2) is 0 Å². The van der Waals surface area contributed by atoms with Gasteiger partial charge >= 0.3 is 0 Å². The zero-order valence-corrected chi connectivity index (χ0v) is 19.1. The van der Waals surface area contributed by atoms with Crippen molar-refractivity contribution < 1.29 is 9.63 Å². The second-order valence-electron chi connectivity index (χ2n) is 8.83. The molecule has 1 aliphatic rings. The summed E-state index contributed by atoms with van der Waals surface area (Å²) in [5.74, 6) is 1.19. The highest BCUT2D eigenvalue weighted by atomic mass is 16.6. The molecule has 6 heteroatoms. The van der Waals surface area contributed by atoms with Gasteiger partial charge in [0.1, 0.15) is 12.4 Å². The van der Waals surface area contributed by atoms with Gasteiger partial charge in [0.25, 0.3) is 0 Å². The number of piperidine rings is 1. The Labute approximate surface area is 191 Å². The number of hydrogen-bond acceptors (Lipinski definition) is 5. The quantitative estimate of drug-likeness (QED) is 0.320. The lowest BCUT2D eigenvalue weighted by Gasteiger charge is -2.29. The molecule has 2 aromatic carbocycles. The minimum atomic E-state index is -0.349. The summed E-state index contributed by atoms with van der Waals surface area (Å²) in [6.45, 7) is 2.68. The lowest BCUT2D eigenvalue weighted by Crippen LogP contribution is -2.33. The van der Waals surface area contributed by atoms with Crippen molar-refractivity contribution >= 4 is 11.6 Å². The zero-order chi connectivity index (χ0) is 22.8. The average Bonchev–Trinajstić information content (AvgIpc) is 2.83. The first-order chi connectivity index (χ1) is 15.5. The molecule has 1 heterocycles. The number of benzene rings is 2. The minimum Gasteiger partial charge on any atom is -0.389 e. The maximum absolute atomic E-state index is 12.5. The summed E-state index contributed by atoms with van der Waals surface area (Å²) in [5.41, 5.74) is 15.1. The van der Waals surface area contributed by atoms with Crippen LogP contribution in [-0.2, 0) is 22.7 Å². The van der Waals surface area contributed by atoms with Crippen molar-refractivity contribution in [2.45, 2.75) is 51.2 Å². The van der Waals surface area contributed by atoms with E-state index in [9.17, 15) is 4.79 Å². The number of ketones is 1. The van der Waals surface area contributed by atoms with Crippen molar-refractivity contribution in [3.05, 3.63) is 71.3 Å². The number of carbonyl (C=O) groups is 1. The van der Waals surface area contributed by atoms with Crippen molar-refractivity contribution in [1.29, 1.82) is 0 Å². The van der Waals surface area contributed by atoms with E-state index in [2.05, 4.69) is 17.1 Å². The molecule has 32 heavy (non-hydrogen) atoms. The average molecular weight is 437 g/mol. The van der Waals surface area contributed by atoms with E-state index in [4.69, 9.17) is 16.3 Å². The largest absolute Gasteiger partial charge is 0.389 e. The van der Waals surface area contributed by atoms with E-state index in [1.54, 1.807) is 0 Å². The van der Waals surface area contributed by atoms with Crippen LogP contribution in [0.3, 0.4) is 0 Å². The Morgan fingerprint density at radius 2 is 1.78 bits per heavy atom. The fourth-order valence-electron chi connectivity index (χ4n) is 4.03. The molecule has 0 saturated carbocycles. The molecule has 0 radical (unpaired) electrons. The Morgan fingerprint density at radius 1 is 1.09 bits per heavy atom. The van der Waals surface area contributed by atoms with Gasteiger partial charge in [-0.05, 0) is 69.3 Å². The van der Waals surface area contributed by atoms with Crippen molar-refractivity contribution in [1.82, 2.24) is 4.90 Å². The molecule has 0 bridgehead atoms. The van der Waals surface area contributed by atoms with Crippen molar-refractivity contribution in [2.24, 2.45) is 22.5 Å². The Bertz CT molecular complexity index is 859. The van der Waals surface area contributed by atoms with Crippen LogP contribution in [0.4, 0.5) is 0 Å². The Kier molecular flexibility index (Phi) is 9.26. The van der Waals surface area contributed by atoms with Gasteiger partial charge in [-0.1, -0.05) is 59.8 Å². The van der Waals surface area contributed by atoms with Gasteiger partial charge in [-0.15, -0.1) is 0 Å². The van der Waals surface area contributed by atoms with E-state index < -0.39 is 0 Å². The molecule has 2 aromatic rings. The number of aryl methyl sites for hydroxylation is 1. The zero-order valence-electron chi connectivity index (χ0n) is 19.1. The molecular weight excluding hydrogens is 400 g/mol. The van der Waals surface area contributed by atoms with Crippen LogP contribution in [0.25, 0.3) is 0 Å². The molecule has 4 N–H and O–H groups in total. The third-order valence-corrected chi connectivity index (χ3v) is 6.28. The van der Waals surface area contributed by atoms with Gasteiger partial charge in [0, 0.05) is 12.0 Å². The fraction of sp³-hybridized carbons (Fsp3) is 0.462. The van der Waals surface area contributed by atoms with E-state index in [0.29, 0.717) is 31.2 Å². The first-order valence-corrected chi connectivity index (χ1v) is 11.6. The second kappa shape index (κ2) is 12.4. The number of carbonyl (C=O) groups excluding carboxylic acids is 1. The number of hydrogen-bond donors (Lipinski definition) is 2. The maximum Gasteiger partial charge on any atom is 0.170 e. The topological polar surface area (TPSA) is 93.9 Å². The monoisotopic (exact) mass is 436 g/mol. The molecule has 1 saturated heterocycles. The molecule has 1 aliphatic heterocycles. The molecule has 172 valence electrons. The summed E-state index contributed by atoms with van der Waals surface area (Å²) < 4.78 is 0. The van der Waals surface area contributed by atoms with E-state index in [0.717, 1.165) is 42.6 Å². The number of oxime groups is 1. The number of likely N-dealkylation sites (tertiary alicyclic amines) is 1. The molecule has 3 rings (SSSR count). The van der Waals surface area contributed by atoms with Gasteiger partial charge in [-0.2, -0.15) is 0 Å². The summed E-state index contributed by atoms with van der Waals surface area (Å²) in [6, 6.07) is 17.2. The molecule has 1 fully saturated rings. The fourth-order valence-corrected chi connectivity index (χ4v) is 4.03. The highest BCUT2D eigenvalue weighted by molar-refractivity contribution is 5.97. The predicted molar refractivity (Wildman–Crippen MR) is 129 cm³/mol. The van der Waals surface area contributed by atoms with Crippen LogP contribution in [-0.4, -0.2) is 42.7 Å². The number of rotatable bonds is 11. The first kappa shape index (κ1) is 24.0. The molecule has 6 nitrogen and oxygen atoms in total. The highest BCUT2D eigenvalue weighted by Crippen LogP contribution is 2.22. The highest BCUT2D eigenvalue weighted by Gasteiger charge is 2.20. The SMILES string of the molecule is CN1CCC(CC[C@H](N)C(=O)CCc2ccc(/C(N)=N/OCc3ccccc3)cc2)CC1. The molecule has 0 unspecified atom stereocenters. The smallest absolute Gasteiger partial charge is 0.170 e. The van der Waals surface area contributed by atoms with E-state index in [-0.39, 0.29) is 11.8 Å². The van der Waals surface area contributed by atoms with Crippen LogP contribution in [0.5, 0.6) is 0 Å². The lowest BCUT2D eigenvalue weighted by molar-refractivity contribution is -0.120. The number of Topliss-reactive ketones (excluding diaryl/α,β-unsaturated/α-hetero) is 1. The summed E-state index contributed by atoms with van der Waals surface area (Å²) in [6.07, 6.45) is 5.43. The molecule has 0 aliphatic carbocycles. The summed E-state index contributed by atoms with van der Waals surface area (Å²) in [5, 5.41) is 4.00. The molecule has 0 amide bonds. The molecule has 0 aromatic heterocycles. The van der Waals surface area contributed by atoms with Gasteiger partial charge in [-0.3, -0.25) is 4.79 Å². The normalized spacial score (nSPS) is 16.6. The van der Waals surface area contributed by atoms with Gasteiger partial charge in [0.15, 0.2) is 5.84 Å². The summed E-state index contributed by atoms with van der Waals surface area (Å²) in [7, 11) is 2.17. The number of nitrogens with zero attached hydrogens (tertiary/aromatic N) is 2. The van der Waals surface area contributed by atoms with Crippen LogP contribution in [0.1, 0.15) is 48.8 Å². The molecular formula is C26H36N4O2. The van der Waals surface area contributed by atoms with Gasteiger partial charge < -0.3 is 21.2 Å². The standard InChI is InChI=1S/C26H36N4O2/c1-30-17-15-21(16-18-30)9-13-24(27)25(31)14-10-20-7-11-23(12-8-20)26(28)29-32-19-22-5-3-2-4-6-22/h2-8,11-12,21,24H,9-10,13-19,27H2,1H3,(H2,28,29)/t24-/m0/s1.